The van der Waals surface area contributed by atoms with Crippen LogP contribution >= 0.6 is 0 Å². The summed E-state index contributed by atoms with van der Waals surface area (Å²) >= 11 is 0. The average molecular weight is 334 g/mol. The first-order chi connectivity index (χ1) is 11.2. The number of ketones is 1. The van der Waals surface area contributed by atoms with Crippen molar-refractivity contribution in [2.24, 2.45) is 0 Å². The predicted molar refractivity (Wildman–Crippen MR) is 87.2 cm³/mol. The molecular formula is C17H19FN2O4. The van der Waals surface area contributed by atoms with Gasteiger partial charge in [0.25, 0.3) is 0 Å². The molecule has 0 saturated carbocycles. The number of rotatable bonds is 6. The number of nitrogens with zero attached hydrogens (tertiary/aromatic N) is 2. The Kier molecular flexibility index (Phi) is 5.02. The summed E-state index contributed by atoms with van der Waals surface area (Å²) in [4.78, 5) is 22.7. The number of aromatic nitrogens is 1. The lowest BCUT2D eigenvalue weighted by Crippen LogP contribution is -2.14. The summed E-state index contributed by atoms with van der Waals surface area (Å²) in [5.41, 5.74) is 1.88. The number of Topliss-reactive ketones (excluding diaryl/α,β-unsaturated/α-hetero) is 1. The van der Waals surface area contributed by atoms with Gasteiger partial charge in [0.1, 0.15) is 5.82 Å². The number of ether oxygens (including phenoxy) is 1. The van der Waals surface area contributed by atoms with E-state index in [1.807, 2.05) is 32.3 Å². The minimum absolute atomic E-state index is 0.205. The molecule has 0 bridgehead atoms. The maximum absolute atomic E-state index is 13.3. The molecule has 0 N–H and O–H groups in total. The van der Waals surface area contributed by atoms with Crippen molar-refractivity contribution in [3.8, 4) is 5.75 Å². The predicted octanol–water partition coefficient (Wildman–Crippen LogP) is 3.99. The summed E-state index contributed by atoms with van der Waals surface area (Å²) in [6.07, 6.45) is 0. The second kappa shape index (κ2) is 6.82. The molecule has 24 heavy (non-hydrogen) atoms. The van der Waals surface area contributed by atoms with Gasteiger partial charge in [0.2, 0.25) is 5.78 Å². The second-order valence-corrected chi connectivity index (χ2v) is 5.83. The van der Waals surface area contributed by atoms with E-state index in [0.29, 0.717) is 5.56 Å². The molecule has 0 atom stereocenters. The van der Waals surface area contributed by atoms with Gasteiger partial charge >= 0.3 is 5.69 Å². The number of hydrogen-bond donors (Lipinski definition) is 0. The summed E-state index contributed by atoms with van der Waals surface area (Å²) < 4.78 is 20.5. The van der Waals surface area contributed by atoms with Crippen LogP contribution in [0.3, 0.4) is 0 Å². The van der Waals surface area contributed by atoms with Crippen molar-refractivity contribution >= 4 is 11.5 Å². The van der Waals surface area contributed by atoms with Crippen LogP contribution in [-0.2, 0) is 0 Å². The van der Waals surface area contributed by atoms with Gasteiger partial charge in [0, 0.05) is 35.1 Å². The Morgan fingerprint density at radius 2 is 2.00 bits per heavy atom. The second-order valence-electron chi connectivity index (χ2n) is 5.83. The molecule has 0 saturated heterocycles. The fourth-order valence-corrected chi connectivity index (χ4v) is 2.83. The van der Waals surface area contributed by atoms with Crippen molar-refractivity contribution in [1.82, 2.24) is 4.57 Å². The summed E-state index contributed by atoms with van der Waals surface area (Å²) in [6, 6.07) is 4.86. The van der Waals surface area contributed by atoms with Crippen LogP contribution in [0, 0.1) is 29.8 Å². The molecule has 0 aliphatic rings. The zero-order chi connectivity index (χ0) is 18.0. The molecular weight excluding hydrogens is 315 g/mol. The highest BCUT2D eigenvalue weighted by Gasteiger charge is 2.20. The summed E-state index contributed by atoms with van der Waals surface area (Å²) in [5.74, 6) is -1.24. The third-order valence-electron chi connectivity index (χ3n) is 3.78. The van der Waals surface area contributed by atoms with Gasteiger partial charge in [0.05, 0.1) is 4.92 Å². The minimum atomic E-state index is -0.677. The molecule has 0 spiro atoms. The van der Waals surface area contributed by atoms with E-state index < -0.39 is 17.3 Å². The topological polar surface area (TPSA) is 74.4 Å². The molecule has 0 aliphatic carbocycles. The summed E-state index contributed by atoms with van der Waals surface area (Å²) in [7, 11) is 0. The van der Waals surface area contributed by atoms with Crippen LogP contribution in [0.15, 0.2) is 24.3 Å². The molecule has 128 valence electrons. The first kappa shape index (κ1) is 17.7. The zero-order valence-electron chi connectivity index (χ0n) is 14.0. The van der Waals surface area contributed by atoms with E-state index >= 15 is 0 Å². The van der Waals surface area contributed by atoms with Gasteiger partial charge in [-0.15, -0.1) is 0 Å². The van der Waals surface area contributed by atoms with E-state index in [9.17, 15) is 19.3 Å². The molecule has 0 unspecified atom stereocenters. The first-order valence-electron chi connectivity index (χ1n) is 7.50. The Balaban J connectivity index is 2.22. The zero-order valence-corrected chi connectivity index (χ0v) is 14.0. The summed E-state index contributed by atoms with van der Waals surface area (Å²) in [5, 5.41) is 10.9. The Labute approximate surface area is 139 Å². The van der Waals surface area contributed by atoms with Crippen LogP contribution in [0.2, 0.25) is 0 Å². The quantitative estimate of drug-likeness (QED) is 0.455. The molecule has 1 heterocycles. The van der Waals surface area contributed by atoms with Gasteiger partial charge in [-0.3, -0.25) is 14.9 Å². The minimum Gasteiger partial charge on any atom is -0.478 e. The molecule has 2 aromatic rings. The molecule has 0 fully saturated rings. The lowest BCUT2D eigenvalue weighted by atomic mass is 10.1. The SMILES string of the molecule is Cc1cc(C(=O)COc2cc(F)ccc2[N+](=O)[O-])c(C)n1C(C)C. The number of carbonyl (C=O) groups is 1. The highest BCUT2D eigenvalue weighted by atomic mass is 19.1. The van der Waals surface area contributed by atoms with Crippen molar-refractivity contribution in [2.45, 2.75) is 33.7 Å². The Hall–Kier alpha value is -2.70. The smallest absolute Gasteiger partial charge is 0.311 e. The molecule has 0 amide bonds. The first-order valence-corrected chi connectivity index (χ1v) is 7.50. The fourth-order valence-electron chi connectivity index (χ4n) is 2.83. The standard InChI is InChI=1S/C17H19FN2O4/c1-10(2)19-11(3)7-14(12(19)4)16(21)9-24-17-8-13(18)5-6-15(17)20(22)23/h5-8,10H,9H2,1-4H3. The largest absolute Gasteiger partial charge is 0.478 e. The van der Waals surface area contributed by atoms with E-state index in [2.05, 4.69) is 0 Å². The number of nitro benzene ring substituents is 1. The van der Waals surface area contributed by atoms with Crippen molar-refractivity contribution in [3.05, 3.63) is 57.1 Å². The van der Waals surface area contributed by atoms with Crippen LogP contribution in [0.5, 0.6) is 5.75 Å². The third-order valence-corrected chi connectivity index (χ3v) is 3.78. The van der Waals surface area contributed by atoms with Gasteiger partial charge in [-0.1, -0.05) is 0 Å². The normalized spacial score (nSPS) is 10.9. The number of aryl methyl sites for hydroxylation is 1. The molecule has 2 rings (SSSR count). The van der Waals surface area contributed by atoms with Crippen LogP contribution < -0.4 is 4.74 Å². The van der Waals surface area contributed by atoms with Crippen molar-refractivity contribution in [1.29, 1.82) is 0 Å². The number of hydrogen-bond acceptors (Lipinski definition) is 4. The van der Waals surface area contributed by atoms with Gasteiger partial charge in [-0.2, -0.15) is 0 Å². The Bertz CT molecular complexity index is 796. The van der Waals surface area contributed by atoms with E-state index in [0.717, 1.165) is 29.6 Å². The van der Waals surface area contributed by atoms with E-state index in [1.165, 1.54) is 0 Å². The maximum Gasteiger partial charge on any atom is 0.311 e. The number of halogens is 1. The molecule has 1 aromatic heterocycles. The Morgan fingerprint density at radius 1 is 1.33 bits per heavy atom. The third kappa shape index (κ3) is 3.45. The van der Waals surface area contributed by atoms with Crippen LogP contribution in [0.25, 0.3) is 0 Å². The van der Waals surface area contributed by atoms with Crippen molar-refractivity contribution in [2.75, 3.05) is 6.61 Å². The fraction of sp³-hybridized carbons (Fsp3) is 0.353. The number of benzene rings is 1. The van der Waals surface area contributed by atoms with Gasteiger partial charge in [-0.05, 0) is 39.8 Å². The number of nitro groups is 1. The summed E-state index contributed by atoms with van der Waals surface area (Å²) in [6.45, 7) is 7.38. The van der Waals surface area contributed by atoms with Gasteiger partial charge < -0.3 is 9.30 Å². The van der Waals surface area contributed by atoms with Gasteiger partial charge in [-0.25, -0.2) is 4.39 Å². The molecule has 1 aromatic carbocycles. The number of carbonyl (C=O) groups excluding carboxylic acids is 1. The average Bonchev–Trinajstić information content (AvgIpc) is 2.79. The van der Waals surface area contributed by atoms with Gasteiger partial charge in [0.15, 0.2) is 12.4 Å². The monoisotopic (exact) mass is 334 g/mol. The lowest BCUT2D eigenvalue weighted by Gasteiger charge is -2.13. The van der Waals surface area contributed by atoms with Crippen molar-refractivity contribution in [3.63, 3.8) is 0 Å². The molecule has 0 aliphatic heterocycles. The van der Waals surface area contributed by atoms with E-state index in [4.69, 9.17) is 4.74 Å². The van der Waals surface area contributed by atoms with E-state index in [1.54, 1.807) is 6.07 Å². The highest BCUT2D eigenvalue weighted by Crippen LogP contribution is 2.28. The van der Waals surface area contributed by atoms with Crippen LogP contribution in [0.1, 0.15) is 41.6 Å². The molecule has 6 nitrogen and oxygen atoms in total. The van der Waals surface area contributed by atoms with Crippen molar-refractivity contribution < 1.29 is 18.8 Å². The van der Waals surface area contributed by atoms with Crippen LogP contribution in [-0.4, -0.2) is 21.9 Å². The molecule has 7 heteroatoms. The Morgan fingerprint density at radius 3 is 2.54 bits per heavy atom. The maximum atomic E-state index is 13.3. The lowest BCUT2D eigenvalue weighted by molar-refractivity contribution is -0.385. The van der Waals surface area contributed by atoms with Crippen LogP contribution in [0.4, 0.5) is 10.1 Å². The van der Waals surface area contributed by atoms with E-state index in [-0.39, 0.29) is 23.3 Å². The highest BCUT2D eigenvalue weighted by molar-refractivity contribution is 5.98. The molecule has 0 radical (unpaired) electrons.